The number of fused-ring (bicyclic) bond motifs is 1. The van der Waals surface area contributed by atoms with Crippen LogP contribution >= 0.6 is 0 Å². The number of carbonyl (C=O) groups is 2. The molecule has 0 unspecified atom stereocenters. The second kappa shape index (κ2) is 8.12. The summed E-state index contributed by atoms with van der Waals surface area (Å²) in [6.07, 6.45) is -0.00305. The van der Waals surface area contributed by atoms with Crippen LogP contribution in [0.15, 0.2) is 41.3 Å². The average Bonchev–Trinajstić information content (AvgIpc) is 3.13. The van der Waals surface area contributed by atoms with E-state index in [2.05, 4.69) is 5.32 Å². The van der Waals surface area contributed by atoms with E-state index in [1.165, 1.54) is 25.1 Å². The Morgan fingerprint density at radius 3 is 2.59 bits per heavy atom. The van der Waals surface area contributed by atoms with Gasteiger partial charge in [-0.15, -0.1) is 0 Å². The van der Waals surface area contributed by atoms with Crippen LogP contribution in [0.4, 0.5) is 0 Å². The van der Waals surface area contributed by atoms with E-state index in [4.69, 9.17) is 14.2 Å². The molecule has 0 saturated carbocycles. The number of benzene rings is 2. The number of esters is 1. The van der Waals surface area contributed by atoms with E-state index in [0.29, 0.717) is 17.1 Å². The maximum Gasteiger partial charge on any atom is 0.339 e. The normalized spacial score (nSPS) is 13.6. The molecule has 1 aliphatic heterocycles. The summed E-state index contributed by atoms with van der Waals surface area (Å²) in [6, 6.07) is 9.51. The molecule has 1 atom stereocenters. The van der Waals surface area contributed by atoms with Crippen LogP contribution in [0.1, 0.15) is 28.4 Å². The van der Waals surface area contributed by atoms with Crippen molar-refractivity contribution in [3.8, 4) is 11.5 Å². The highest BCUT2D eigenvalue weighted by Gasteiger charge is 2.22. The summed E-state index contributed by atoms with van der Waals surface area (Å²) in [4.78, 5) is 24.7. The van der Waals surface area contributed by atoms with Gasteiger partial charge in [0, 0.05) is 12.8 Å². The summed E-state index contributed by atoms with van der Waals surface area (Å²) in [5.74, 6) is 0.0122. The first kappa shape index (κ1) is 20.7. The van der Waals surface area contributed by atoms with E-state index in [1.54, 1.807) is 25.1 Å². The number of hydrogen-bond acceptors (Lipinski definition) is 7. The molecule has 0 saturated heterocycles. The highest BCUT2D eigenvalue weighted by molar-refractivity contribution is 7.90. The number of aryl methyl sites for hydroxylation is 1. The number of hydrogen-bond donors (Lipinski definition) is 1. The van der Waals surface area contributed by atoms with Crippen LogP contribution in [-0.2, 0) is 25.9 Å². The Labute approximate surface area is 168 Å². The third-order valence-corrected chi connectivity index (χ3v) is 5.52. The van der Waals surface area contributed by atoms with Gasteiger partial charge in [0.2, 0.25) is 6.79 Å². The highest BCUT2D eigenvalue weighted by Crippen LogP contribution is 2.32. The van der Waals surface area contributed by atoms with E-state index >= 15 is 0 Å². The average molecular weight is 419 g/mol. The monoisotopic (exact) mass is 419 g/mol. The molecule has 3 rings (SSSR count). The van der Waals surface area contributed by atoms with Crippen LogP contribution < -0.4 is 14.8 Å². The first-order valence-corrected chi connectivity index (χ1v) is 10.7. The first-order chi connectivity index (χ1) is 13.6. The minimum Gasteiger partial charge on any atom is -0.454 e. The van der Waals surface area contributed by atoms with E-state index < -0.39 is 27.8 Å². The van der Waals surface area contributed by atoms with Crippen molar-refractivity contribution < 1.29 is 32.2 Å². The van der Waals surface area contributed by atoms with E-state index in [9.17, 15) is 18.0 Å². The zero-order valence-corrected chi connectivity index (χ0v) is 17.0. The lowest BCUT2D eigenvalue weighted by Gasteiger charge is -2.15. The van der Waals surface area contributed by atoms with Crippen LogP contribution in [-0.4, -0.2) is 39.4 Å². The predicted molar refractivity (Wildman–Crippen MR) is 104 cm³/mol. The van der Waals surface area contributed by atoms with Gasteiger partial charge in [0.25, 0.3) is 5.91 Å². The molecular weight excluding hydrogens is 398 g/mol. The Morgan fingerprint density at radius 1 is 1.14 bits per heavy atom. The summed E-state index contributed by atoms with van der Waals surface area (Å²) in [6.45, 7) is 3.49. The molecule has 1 amide bonds. The van der Waals surface area contributed by atoms with Crippen LogP contribution in [0, 0.1) is 6.92 Å². The minimum atomic E-state index is -3.47. The standard InChI is InChI=1S/C20H21NO7S/c1-12-4-6-15(29(3,24)25)9-16(12)20(23)28-13(2)19(22)21-10-14-5-7-17-18(8-14)27-11-26-17/h4-9,13H,10-11H2,1-3H3,(H,21,22)/t13-/m1/s1. The van der Waals surface area contributed by atoms with E-state index in [1.807, 2.05) is 0 Å². The molecule has 1 N–H and O–H groups in total. The van der Waals surface area contributed by atoms with Gasteiger partial charge in [-0.05, 0) is 49.2 Å². The predicted octanol–water partition coefficient (Wildman–Crippen LogP) is 1.99. The molecule has 0 bridgehead atoms. The lowest BCUT2D eigenvalue weighted by Crippen LogP contribution is -2.35. The fourth-order valence-corrected chi connectivity index (χ4v) is 3.36. The van der Waals surface area contributed by atoms with Crippen molar-refractivity contribution in [3.05, 3.63) is 53.1 Å². The number of carbonyl (C=O) groups excluding carboxylic acids is 2. The second-order valence-corrected chi connectivity index (χ2v) is 8.72. The smallest absolute Gasteiger partial charge is 0.339 e. The first-order valence-electron chi connectivity index (χ1n) is 8.83. The molecule has 2 aromatic carbocycles. The molecule has 8 nitrogen and oxygen atoms in total. The largest absolute Gasteiger partial charge is 0.454 e. The van der Waals surface area contributed by atoms with Gasteiger partial charge in [0.15, 0.2) is 27.4 Å². The molecule has 29 heavy (non-hydrogen) atoms. The third-order valence-electron chi connectivity index (χ3n) is 4.41. The number of rotatable bonds is 6. The highest BCUT2D eigenvalue weighted by atomic mass is 32.2. The Morgan fingerprint density at radius 2 is 1.86 bits per heavy atom. The van der Waals surface area contributed by atoms with Crippen LogP contribution in [0.3, 0.4) is 0 Å². The number of sulfone groups is 1. The molecule has 1 heterocycles. The quantitative estimate of drug-likeness (QED) is 0.714. The number of ether oxygens (including phenoxy) is 3. The lowest BCUT2D eigenvalue weighted by atomic mass is 10.1. The number of nitrogens with one attached hydrogen (secondary N) is 1. The van der Waals surface area contributed by atoms with Crippen molar-refractivity contribution in [2.45, 2.75) is 31.4 Å². The van der Waals surface area contributed by atoms with Crippen molar-refractivity contribution >= 4 is 21.7 Å². The molecular formula is C20H21NO7S. The fraction of sp³-hybridized carbons (Fsp3) is 0.300. The molecule has 154 valence electrons. The molecule has 2 aromatic rings. The van der Waals surface area contributed by atoms with Crippen LogP contribution in [0.5, 0.6) is 11.5 Å². The SMILES string of the molecule is Cc1ccc(S(C)(=O)=O)cc1C(=O)O[C@H](C)C(=O)NCc1ccc2c(c1)OCO2. The Bertz CT molecular complexity index is 1060. The van der Waals surface area contributed by atoms with Crippen molar-refractivity contribution in [3.63, 3.8) is 0 Å². The molecule has 0 spiro atoms. The zero-order valence-electron chi connectivity index (χ0n) is 16.2. The van der Waals surface area contributed by atoms with Gasteiger partial charge < -0.3 is 19.5 Å². The van der Waals surface area contributed by atoms with Gasteiger partial charge in [0.05, 0.1) is 10.5 Å². The summed E-state index contributed by atoms with van der Waals surface area (Å²) < 4.78 is 39.2. The van der Waals surface area contributed by atoms with Crippen LogP contribution in [0.2, 0.25) is 0 Å². The van der Waals surface area contributed by atoms with Gasteiger partial charge in [-0.1, -0.05) is 12.1 Å². The zero-order chi connectivity index (χ0) is 21.2. The molecule has 9 heteroatoms. The van der Waals surface area contributed by atoms with Crippen molar-refractivity contribution in [1.29, 1.82) is 0 Å². The summed E-state index contributed by atoms with van der Waals surface area (Å²) in [7, 11) is -3.47. The summed E-state index contributed by atoms with van der Waals surface area (Å²) in [5.41, 5.74) is 1.46. The van der Waals surface area contributed by atoms with Crippen molar-refractivity contribution in [2.75, 3.05) is 13.0 Å². The molecule has 0 radical (unpaired) electrons. The van der Waals surface area contributed by atoms with E-state index in [0.717, 1.165) is 11.8 Å². The lowest BCUT2D eigenvalue weighted by molar-refractivity contribution is -0.129. The van der Waals surface area contributed by atoms with Gasteiger partial charge >= 0.3 is 5.97 Å². The van der Waals surface area contributed by atoms with Gasteiger partial charge in [-0.2, -0.15) is 0 Å². The minimum absolute atomic E-state index is 0.00922. The Kier molecular flexibility index (Phi) is 5.78. The van der Waals surface area contributed by atoms with Gasteiger partial charge in [-0.25, -0.2) is 13.2 Å². The second-order valence-electron chi connectivity index (χ2n) is 6.70. The summed E-state index contributed by atoms with van der Waals surface area (Å²) >= 11 is 0. The summed E-state index contributed by atoms with van der Waals surface area (Å²) in [5, 5.41) is 2.69. The Hall–Kier alpha value is -3.07. The van der Waals surface area contributed by atoms with E-state index in [-0.39, 0.29) is 23.8 Å². The molecule has 0 aliphatic carbocycles. The van der Waals surface area contributed by atoms with Crippen molar-refractivity contribution in [2.24, 2.45) is 0 Å². The van der Waals surface area contributed by atoms with Gasteiger partial charge in [-0.3, -0.25) is 4.79 Å². The topological polar surface area (TPSA) is 108 Å². The van der Waals surface area contributed by atoms with Crippen molar-refractivity contribution in [1.82, 2.24) is 5.32 Å². The molecule has 0 fully saturated rings. The maximum absolute atomic E-state index is 12.4. The molecule has 0 aromatic heterocycles. The van der Waals surface area contributed by atoms with Gasteiger partial charge in [0.1, 0.15) is 0 Å². The Balaban J connectivity index is 1.61. The number of amides is 1. The fourth-order valence-electron chi connectivity index (χ4n) is 2.71. The molecule has 1 aliphatic rings. The third kappa shape index (κ3) is 4.86. The maximum atomic E-state index is 12.4. The van der Waals surface area contributed by atoms with Crippen LogP contribution in [0.25, 0.3) is 0 Å².